The van der Waals surface area contributed by atoms with Crippen LogP contribution in [-0.2, 0) is 0 Å². The molecule has 5 nitrogen and oxygen atoms in total. The smallest absolute Gasteiger partial charge is 0.0457 e. The first kappa shape index (κ1) is 14.2. The van der Waals surface area contributed by atoms with Crippen LogP contribution in [0.5, 0.6) is 0 Å². The number of piperidine rings is 3. The maximum absolute atomic E-state index is 3.90. The van der Waals surface area contributed by atoms with Gasteiger partial charge in [0.25, 0.3) is 0 Å². The Bertz CT molecular complexity index is 452. The molecule has 0 aromatic carbocycles. The van der Waals surface area contributed by atoms with Crippen molar-refractivity contribution in [1.29, 1.82) is 0 Å². The van der Waals surface area contributed by atoms with Crippen LogP contribution in [0.25, 0.3) is 0 Å². The highest BCUT2D eigenvalue weighted by molar-refractivity contribution is 5.21. The Morgan fingerprint density at radius 3 is 2.73 bits per heavy atom. The molecule has 0 spiro atoms. The van der Waals surface area contributed by atoms with Crippen molar-refractivity contribution in [3.8, 4) is 0 Å². The Kier molecular flexibility index (Phi) is 3.15. The molecule has 22 heavy (non-hydrogen) atoms. The third kappa shape index (κ3) is 1.72. The summed E-state index contributed by atoms with van der Waals surface area (Å²) in [6.45, 7) is 9.60. The molecule has 5 rings (SSSR count). The molecule has 0 saturated carbocycles. The Labute approximate surface area is 134 Å². The van der Waals surface area contributed by atoms with Gasteiger partial charge in [-0.1, -0.05) is 13.8 Å². The van der Waals surface area contributed by atoms with Crippen LogP contribution in [0.4, 0.5) is 0 Å². The molecular formula is C17H31N5. The van der Waals surface area contributed by atoms with Gasteiger partial charge >= 0.3 is 0 Å². The molecule has 4 N–H and O–H groups in total. The molecule has 124 valence electrons. The second kappa shape index (κ2) is 4.90. The zero-order valence-electron chi connectivity index (χ0n) is 13.9. The summed E-state index contributed by atoms with van der Waals surface area (Å²) in [6.07, 6.45) is 4.05. The van der Waals surface area contributed by atoms with Crippen LogP contribution in [-0.4, -0.2) is 67.5 Å². The summed E-state index contributed by atoms with van der Waals surface area (Å²) in [6, 6.07) is 4.08. The van der Waals surface area contributed by atoms with Crippen LogP contribution in [0.2, 0.25) is 0 Å². The molecule has 0 aromatic rings. The number of fused-ring (bicyclic) bond motifs is 5. The molecule has 0 amide bonds. The van der Waals surface area contributed by atoms with Crippen LogP contribution in [0, 0.1) is 11.3 Å². The van der Waals surface area contributed by atoms with Gasteiger partial charge in [0.1, 0.15) is 0 Å². The highest BCUT2D eigenvalue weighted by Crippen LogP contribution is 2.52. The monoisotopic (exact) mass is 305 g/mol. The first-order valence-electron chi connectivity index (χ1n) is 9.38. The molecule has 0 bridgehead atoms. The fraction of sp³-hybridized carbons (Fsp3) is 1.00. The third-order valence-electron chi connectivity index (χ3n) is 7.53. The summed E-state index contributed by atoms with van der Waals surface area (Å²) in [7, 11) is 0. The second-order valence-electron chi connectivity index (χ2n) is 8.70. The van der Waals surface area contributed by atoms with Gasteiger partial charge in [-0.3, -0.25) is 10.2 Å². The van der Waals surface area contributed by atoms with Crippen LogP contribution >= 0.6 is 0 Å². The molecule has 5 fully saturated rings. The minimum Gasteiger partial charge on any atom is -0.311 e. The Morgan fingerprint density at radius 2 is 1.82 bits per heavy atom. The molecule has 0 aromatic heterocycles. The van der Waals surface area contributed by atoms with Crippen LogP contribution in [0.1, 0.15) is 33.1 Å². The molecule has 7 unspecified atom stereocenters. The summed E-state index contributed by atoms with van der Waals surface area (Å²) < 4.78 is 0. The van der Waals surface area contributed by atoms with Crippen LogP contribution in [0.15, 0.2) is 0 Å². The molecule has 5 heterocycles. The topological polar surface area (TPSA) is 51.4 Å². The lowest BCUT2D eigenvalue weighted by molar-refractivity contribution is -0.0906. The lowest BCUT2D eigenvalue weighted by atomic mass is 9.60. The van der Waals surface area contributed by atoms with Crippen molar-refractivity contribution in [3.63, 3.8) is 0 Å². The number of nitrogens with zero attached hydrogens (tertiary/aromatic N) is 1. The summed E-state index contributed by atoms with van der Waals surface area (Å²) in [5.41, 5.74) is 0.391. The van der Waals surface area contributed by atoms with Gasteiger partial charge in [0.2, 0.25) is 0 Å². The lowest BCUT2D eigenvalue weighted by Gasteiger charge is -2.61. The summed E-state index contributed by atoms with van der Waals surface area (Å²) in [5, 5.41) is 15.2. The van der Waals surface area contributed by atoms with Gasteiger partial charge in [-0.05, 0) is 43.7 Å². The van der Waals surface area contributed by atoms with Gasteiger partial charge in [-0.25, -0.2) is 0 Å². The minimum atomic E-state index is 0.391. The van der Waals surface area contributed by atoms with Crippen molar-refractivity contribution in [1.82, 2.24) is 26.2 Å². The SMILES string of the molecule is CC1(C)C2CCNC3C4NCCCC4N(C4CNCNC41)C32. The third-order valence-corrected chi connectivity index (χ3v) is 7.53. The van der Waals surface area contributed by atoms with E-state index in [0.717, 1.165) is 31.2 Å². The van der Waals surface area contributed by atoms with Crippen LogP contribution < -0.4 is 21.3 Å². The van der Waals surface area contributed by atoms with Crippen molar-refractivity contribution in [2.24, 2.45) is 11.3 Å². The van der Waals surface area contributed by atoms with Crippen molar-refractivity contribution >= 4 is 0 Å². The first-order chi connectivity index (χ1) is 10.7. The number of hydrogen-bond acceptors (Lipinski definition) is 5. The van der Waals surface area contributed by atoms with Crippen molar-refractivity contribution in [3.05, 3.63) is 0 Å². The predicted molar refractivity (Wildman–Crippen MR) is 87.7 cm³/mol. The molecule has 5 saturated heterocycles. The highest BCUT2D eigenvalue weighted by Gasteiger charge is 2.63. The maximum Gasteiger partial charge on any atom is 0.0457 e. The predicted octanol–water partition coefficient (Wildman–Crippen LogP) is -0.303. The normalized spacial score (nSPS) is 53.5. The van der Waals surface area contributed by atoms with Gasteiger partial charge in [0, 0.05) is 49.5 Å². The van der Waals surface area contributed by atoms with E-state index >= 15 is 0 Å². The van der Waals surface area contributed by atoms with Gasteiger partial charge in [0.05, 0.1) is 0 Å². The zero-order chi connectivity index (χ0) is 14.9. The Hall–Kier alpha value is -0.200. The van der Waals surface area contributed by atoms with Crippen molar-refractivity contribution < 1.29 is 0 Å². The van der Waals surface area contributed by atoms with Gasteiger partial charge < -0.3 is 16.0 Å². The van der Waals surface area contributed by atoms with E-state index in [1.54, 1.807) is 0 Å². The van der Waals surface area contributed by atoms with Crippen molar-refractivity contribution in [2.75, 3.05) is 26.3 Å². The fourth-order valence-corrected chi connectivity index (χ4v) is 6.70. The molecule has 5 aliphatic heterocycles. The number of hydrogen-bond donors (Lipinski definition) is 4. The van der Waals surface area contributed by atoms with E-state index in [4.69, 9.17) is 0 Å². The average molecular weight is 305 g/mol. The first-order valence-corrected chi connectivity index (χ1v) is 9.38. The summed E-state index contributed by atoms with van der Waals surface area (Å²) in [5.74, 6) is 0.818. The van der Waals surface area contributed by atoms with E-state index in [9.17, 15) is 0 Å². The largest absolute Gasteiger partial charge is 0.311 e. The number of nitrogens with one attached hydrogen (secondary N) is 4. The molecule has 7 atom stereocenters. The van der Waals surface area contributed by atoms with Crippen molar-refractivity contribution in [2.45, 2.75) is 69.4 Å². The number of rotatable bonds is 0. The molecule has 5 aliphatic rings. The van der Waals surface area contributed by atoms with E-state index < -0.39 is 0 Å². The van der Waals surface area contributed by atoms with E-state index in [0.29, 0.717) is 29.6 Å². The van der Waals surface area contributed by atoms with E-state index in [1.807, 2.05) is 0 Å². The van der Waals surface area contributed by atoms with Gasteiger partial charge in [-0.2, -0.15) is 0 Å². The van der Waals surface area contributed by atoms with E-state index in [2.05, 4.69) is 40.0 Å². The van der Waals surface area contributed by atoms with Gasteiger partial charge in [0.15, 0.2) is 0 Å². The van der Waals surface area contributed by atoms with E-state index in [1.165, 1.54) is 32.4 Å². The molecule has 0 aliphatic carbocycles. The standard InChI is InChI=1S/C17H31N5/c1-17(2)10-5-7-20-14-13-11(4-3-6-19-13)22(15(10)14)12-8-18-9-21-16(12)17/h10-16,18-21H,3-9H2,1-2H3. The highest BCUT2D eigenvalue weighted by atomic mass is 15.4. The minimum absolute atomic E-state index is 0.391. The zero-order valence-corrected chi connectivity index (χ0v) is 13.9. The van der Waals surface area contributed by atoms with Crippen LogP contribution in [0.3, 0.4) is 0 Å². The molecule has 0 radical (unpaired) electrons. The molecular weight excluding hydrogens is 274 g/mol. The molecule has 5 heteroatoms. The summed E-state index contributed by atoms with van der Waals surface area (Å²) >= 11 is 0. The fourth-order valence-electron chi connectivity index (χ4n) is 6.70. The average Bonchev–Trinajstić information content (AvgIpc) is 2.88. The summed E-state index contributed by atoms with van der Waals surface area (Å²) in [4.78, 5) is 2.95. The Morgan fingerprint density at radius 1 is 0.955 bits per heavy atom. The van der Waals surface area contributed by atoms with E-state index in [-0.39, 0.29) is 0 Å². The lowest BCUT2D eigenvalue weighted by Crippen LogP contribution is -2.76. The Balaban J connectivity index is 1.59. The second-order valence-corrected chi connectivity index (χ2v) is 8.70. The maximum atomic E-state index is 3.90. The quantitative estimate of drug-likeness (QED) is 0.495. The van der Waals surface area contributed by atoms with Gasteiger partial charge in [-0.15, -0.1) is 0 Å².